The lowest BCUT2D eigenvalue weighted by Crippen LogP contribution is -1.89. The molecule has 3 heterocycles. The molecule has 0 fully saturated rings. The van der Waals surface area contributed by atoms with E-state index in [4.69, 9.17) is 18.0 Å². The Labute approximate surface area is 154 Å². The molecule has 0 amide bonds. The normalized spacial score (nSPS) is 11.0. The Morgan fingerprint density at radius 3 is 2.41 bits per heavy atom. The number of methoxy groups -OCH3 is 1. The third kappa shape index (κ3) is 3.02. The van der Waals surface area contributed by atoms with Gasteiger partial charge in [-0.15, -0.1) is 0 Å². The van der Waals surface area contributed by atoms with Crippen molar-refractivity contribution in [2.75, 3.05) is 7.11 Å². The van der Waals surface area contributed by atoms with Gasteiger partial charge in [0, 0.05) is 11.8 Å². The lowest BCUT2D eigenvalue weighted by Gasteiger charge is -2.02. The minimum Gasteiger partial charge on any atom is -0.496 e. The zero-order valence-corrected chi connectivity index (χ0v) is 14.4. The molecule has 3 aromatic heterocycles. The summed E-state index contributed by atoms with van der Waals surface area (Å²) in [5, 5.41) is 9.73. The van der Waals surface area contributed by atoms with Crippen LogP contribution in [0.5, 0.6) is 5.75 Å². The van der Waals surface area contributed by atoms with Gasteiger partial charge in [0.2, 0.25) is 5.88 Å². The number of ether oxygens (including phenoxy) is 1. The maximum absolute atomic E-state index is 9.73. The Bertz CT molecular complexity index is 1110. The molecule has 4 aromatic rings. The van der Waals surface area contributed by atoms with Gasteiger partial charge in [-0.05, 0) is 36.4 Å². The highest BCUT2D eigenvalue weighted by molar-refractivity contribution is 5.88. The summed E-state index contributed by atoms with van der Waals surface area (Å²) in [6, 6.07) is 16.6. The highest BCUT2D eigenvalue weighted by atomic mass is 16.5. The number of hydrogen-bond acceptors (Lipinski definition) is 6. The van der Waals surface area contributed by atoms with Crippen molar-refractivity contribution >= 4 is 12.1 Å². The molecule has 0 radical (unpaired) electrons. The predicted octanol–water partition coefficient (Wildman–Crippen LogP) is 5.43. The second kappa shape index (κ2) is 7.10. The van der Waals surface area contributed by atoms with E-state index in [0.29, 0.717) is 28.6 Å². The molecule has 1 aromatic carbocycles. The monoisotopic (exact) mass is 358 g/mol. The molecule has 0 unspecified atom stereocenters. The number of para-hydroxylation sites is 1. The highest BCUT2D eigenvalue weighted by Crippen LogP contribution is 2.42. The van der Waals surface area contributed by atoms with Gasteiger partial charge >= 0.3 is 0 Å². The molecule has 0 saturated carbocycles. The third-order valence-corrected chi connectivity index (χ3v) is 3.97. The van der Waals surface area contributed by atoms with Crippen LogP contribution in [0.15, 0.2) is 79.3 Å². The molecule has 132 valence electrons. The molecule has 0 aliphatic rings. The van der Waals surface area contributed by atoms with Gasteiger partial charge in [-0.3, -0.25) is 0 Å². The van der Waals surface area contributed by atoms with E-state index in [0.717, 1.165) is 5.56 Å². The van der Waals surface area contributed by atoms with Crippen LogP contribution in [0.2, 0.25) is 0 Å². The summed E-state index contributed by atoms with van der Waals surface area (Å²) < 4.78 is 22.1. The summed E-state index contributed by atoms with van der Waals surface area (Å²) in [6.45, 7) is 0. The lowest BCUT2D eigenvalue weighted by atomic mass is 10.1. The van der Waals surface area contributed by atoms with E-state index in [1.165, 1.54) is 12.5 Å². The Hall–Kier alpha value is -3.98. The Morgan fingerprint density at radius 1 is 1.00 bits per heavy atom. The summed E-state index contributed by atoms with van der Waals surface area (Å²) in [6.07, 6.45) is 4.66. The topological polar surface area (TPSA) is 84.8 Å². The first-order valence-corrected chi connectivity index (χ1v) is 8.13. The van der Waals surface area contributed by atoms with E-state index >= 15 is 0 Å². The third-order valence-electron chi connectivity index (χ3n) is 3.97. The van der Waals surface area contributed by atoms with Crippen molar-refractivity contribution in [2.45, 2.75) is 0 Å². The van der Waals surface area contributed by atoms with E-state index in [1.807, 2.05) is 24.3 Å². The van der Waals surface area contributed by atoms with E-state index in [2.05, 4.69) is 11.1 Å². The minimum atomic E-state index is 0.168. The summed E-state index contributed by atoms with van der Waals surface area (Å²) in [7, 11) is 1.59. The number of rotatable bonds is 5. The minimum absolute atomic E-state index is 0.168. The van der Waals surface area contributed by atoms with Crippen LogP contribution in [-0.2, 0) is 0 Å². The van der Waals surface area contributed by atoms with Crippen molar-refractivity contribution in [2.24, 2.45) is 4.99 Å². The van der Waals surface area contributed by atoms with Gasteiger partial charge in [0.25, 0.3) is 0 Å². The van der Waals surface area contributed by atoms with Crippen LogP contribution in [-0.4, -0.2) is 13.3 Å². The van der Waals surface area contributed by atoms with Gasteiger partial charge in [0.1, 0.15) is 23.1 Å². The van der Waals surface area contributed by atoms with Crippen molar-refractivity contribution in [1.82, 2.24) is 0 Å². The molecule has 27 heavy (non-hydrogen) atoms. The van der Waals surface area contributed by atoms with Crippen molar-refractivity contribution < 1.29 is 18.0 Å². The average Bonchev–Trinajstić information content (AvgIpc) is 3.46. The summed E-state index contributed by atoms with van der Waals surface area (Å²) in [4.78, 5) is 4.38. The zero-order chi connectivity index (χ0) is 18.6. The molecule has 0 spiro atoms. The van der Waals surface area contributed by atoms with E-state index in [-0.39, 0.29) is 11.4 Å². The standard InChI is InChI=1S/C21H14N2O4/c1-24-16-7-3-2-6-14(16)13-23-21-15(12-22)19(17-8-4-10-25-17)20(27-21)18-9-5-11-26-18/h2-11,13H,1H3. The van der Waals surface area contributed by atoms with Crippen molar-refractivity contribution in [3.05, 3.63) is 72.2 Å². The Balaban J connectivity index is 1.86. The smallest absolute Gasteiger partial charge is 0.238 e. The van der Waals surface area contributed by atoms with Gasteiger partial charge in [-0.25, -0.2) is 4.99 Å². The fraction of sp³-hybridized carbons (Fsp3) is 0.0476. The highest BCUT2D eigenvalue weighted by Gasteiger charge is 2.26. The second-order valence-electron chi connectivity index (χ2n) is 5.55. The fourth-order valence-electron chi connectivity index (χ4n) is 2.75. The number of hydrogen-bond donors (Lipinski definition) is 0. The maximum atomic E-state index is 9.73. The Kier molecular flexibility index (Phi) is 4.33. The average molecular weight is 358 g/mol. The van der Waals surface area contributed by atoms with Crippen LogP contribution in [0.25, 0.3) is 22.8 Å². The van der Waals surface area contributed by atoms with Gasteiger partial charge in [0.15, 0.2) is 11.5 Å². The first-order valence-electron chi connectivity index (χ1n) is 8.13. The van der Waals surface area contributed by atoms with Crippen LogP contribution in [0.3, 0.4) is 0 Å². The number of aliphatic imine (C=N–C) groups is 1. The first-order chi connectivity index (χ1) is 13.3. The van der Waals surface area contributed by atoms with Gasteiger partial charge in [-0.2, -0.15) is 5.26 Å². The SMILES string of the molecule is COc1ccccc1C=Nc1oc(-c2ccco2)c(-c2ccco2)c1C#N. The van der Waals surface area contributed by atoms with Crippen LogP contribution < -0.4 is 4.74 Å². The molecule has 6 nitrogen and oxygen atoms in total. The molecule has 0 bridgehead atoms. The van der Waals surface area contributed by atoms with Gasteiger partial charge < -0.3 is 18.0 Å². The molecule has 0 atom stereocenters. The molecule has 0 aliphatic carbocycles. The van der Waals surface area contributed by atoms with Crippen molar-refractivity contribution in [3.8, 4) is 34.7 Å². The maximum Gasteiger partial charge on any atom is 0.238 e. The van der Waals surface area contributed by atoms with Gasteiger partial charge in [0.05, 0.1) is 25.2 Å². The number of benzene rings is 1. The number of nitriles is 1. The summed E-state index contributed by atoms with van der Waals surface area (Å²) in [5.74, 6) is 2.21. The van der Waals surface area contributed by atoms with Gasteiger partial charge in [-0.1, -0.05) is 12.1 Å². The lowest BCUT2D eigenvalue weighted by molar-refractivity contribution is 0.414. The van der Waals surface area contributed by atoms with E-state index in [9.17, 15) is 5.26 Å². The summed E-state index contributed by atoms with van der Waals surface area (Å²) >= 11 is 0. The van der Waals surface area contributed by atoms with Crippen molar-refractivity contribution in [1.29, 1.82) is 5.26 Å². The van der Waals surface area contributed by atoms with Crippen LogP contribution in [0.1, 0.15) is 11.1 Å². The quantitative estimate of drug-likeness (QED) is 0.444. The first kappa shape index (κ1) is 16.5. The van der Waals surface area contributed by atoms with Crippen LogP contribution in [0.4, 0.5) is 5.88 Å². The molecule has 0 N–H and O–H groups in total. The van der Waals surface area contributed by atoms with Crippen molar-refractivity contribution in [3.63, 3.8) is 0 Å². The number of furan rings is 3. The second-order valence-corrected chi connectivity index (χ2v) is 5.55. The summed E-state index contributed by atoms with van der Waals surface area (Å²) in [5.41, 5.74) is 1.53. The zero-order valence-electron chi connectivity index (χ0n) is 14.4. The predicted molar refractivity (Wildman–Crippen MR) is 99.1 cm³/mol. The van der Waals surface area contributed by atoms with E-state index in [1.54, 1.807) is 37.6 Å². The molecular formula is C21H14N2O4. The fourth-order valence-corrected chi connectivity index (χ4v) is 2.75. The molecular weight excluding hydrogens is 344 g/mol. The molecule has 0 aliphatic heterocycles. The largest absolute Gasteiger partial charge is 0.496 e. The Morgan fingerprint density at radius 2 is 1.74 bits per heavy atom. The van der Waals surface area contributed by atoms with Crippen LogP contribution in [0, 0.1) is 11.3 Å². The molecule has 6 heteroatoms. The van der Waals surface area contributed by atoms with E-state index < -0.39 is 0 Å². The number of nitrogens with zero attached hydrogens (tertiary/aromatic N) is 2. The molecule has 4 rings (SSSR count). The van der Waals surface area contributed by atoms with Crippen LogP contribution >= 0.6 is 0 Å². The molecule has 0 saturated heterocycles.